The molecule has 31 heavy (non-hydrogen) atoms. The van der Waals surface area contributed by atoms with Crippen molar-refractivity contribution in [2.45, 2.75) is 63.9 Å². The van der Waals surface area contributed by atoms with Gasteiger partial charge in [-0.05, 0) is 43.7 Å². The van der Waals surface area contributed by atoms with E-state index in [0.29, 0.717) is 34.7 Å². The van der Waals surface area contributed by atoms with E-state index in [-0.39, 0.29) is 16.7 Å². The van der Waals surface area contributed by atoms with Crippen LogP contribution in [-0.2, 0) is 11.3 Å². The Morgan fingerprint density at radius 2 is 1.90 bits per heavy atom. The van der Waals surface area contributed by atoms with Crippen LogP contribution in [0.1, 0.15) is 47.0 Å². The molecule has 1 amide bonds. The topological polar surface area (TPSA) is 72.5 Å². The number of unbranched alkanes of at least 4 members (excludes halogenated alkanes) is 1. The number of para-hydroxylation sites is 1. The summed E-state index contributed by atoms with van der Waals surface area (Å²) in [4.78, 5) is 28.2. The van der Waals surface area contributed by atoms with Crippen molar-refractivity contribution in [3.8, 4) is 0 Å². The molecule has 2 aromatic heterocycles. The van der Waals surface area contributed by atoms with Crippen LogP contribution in [0.4, 0.5) is 0 Å². The molecule has 1 aliphatic heterocycles. The van der Waals surface area contributed by atoms with E-state index < -0.39 is 0 Å². The average molecular weight is 442 g/mol. The fourth-order valence-corrected chi connectivity index (χ4v) is 5.58. The summed E-state index contributed by atoms with van der Waals surface area (Å²) in [5.41, 5.74) is 0.739. The zero-order valence-electron chi connectivity index (χ0n) is 18.7. The number of fused-ring (bicyclic) bond motifs is 3. The van der Waals surface area contributed by atoms with Gasteiger partial charge in [-0.25, -0.2) is 0 Å². The quantitative estimate of drug-likeness (QED) is 0.544. The monoisotopic (exact) mass is 441 g/mol. The molecule has 0 bridgehead atoms. The van der Waals surface area contributed by atoms with Crippen LogP contribution in [0.25, 0.3) is 16.7 Å². The fourth-order valence-electron chi connectivity index (χ4n) is 4.64. The van der Waals surface area contributed by atoms with Crippen LogP contribution in [0.5, 0.6) is 0 Å². The number of likely N-dealkylation sites (tertiary alicyclic amines) is 1. The number of piperidine rings is 1. The lowest BCUT2D eigenvalue weighted by Crippen LogP contribution is -2.45. The molecule has 3 atom stereocenters. The summed E-state index contributed by atoms with van der Waals surface area (Å²) in [5, 5.41) is 9.77. The molecule has 0 radical (unpaired) electrons. The maximum atomic E-state index is 13.2. The van der Waals surface area contributed by atoms with Crippen LogP contribution < -0.4 is 5.56 Å². The lowest BCUT2D eigenvalue weighted by Gasteiger charge is -2.36. The van der Waals surface area contributed by atoms with Crippen molar-refractivity contribution in [3.63, 3.8) is 0 Å². The van der Waals surface area contributed by atoms with Gasteiger partial charge in [-0.15, -0.1) is 10.2 Å². The average Bonchev–Trinajstić information content (AvgIpc) is 3.16. The second-order valence-electron chi connectivity index (χ2n) is 8.89. The third-order valence-corrected chi connectivity index (χ3v) is 7.05. The Bertz CT molecular complexity index is 1140. The van der Waals surface area contributed by atoms with E-state index >= 15 is 0 Å². The van der Waals surface area contributed by atoms with Gasteiger partial charge in [-0.2, -0.15) is 0 Å². The molecule has 3 unspecified atom stereocenters. The van der Waals surface area contributed by atoms with Crippen LogP contribution in [0.3, 0.4) is 0 Å². The molecule has 0 spiro atoms. The first kappa shape index (κ1) is 21.9. The largest absolute Gasteiger partial charge is 0.341 e. The summed E-state index contributed by atoms with van der Waals surface area (Å²) >= 11 is 1.42. The Morgan fingerprint density at radius 3 is 2.61 bits per heavy atom. The fraction of sp³-hybridized carbons (Fsp3) is 0.565. The normalized spacial score (nSPS) is 20.5. The molecule has 4 rings (SSSR count). The second-order valence-corrected chi connectivity index (χ2v) is 10.2. The predicted molar refractivity (Wildman–Crippen MR) is 125 cm³/mol. The molecular formula is C23H31N5O2S. The third-order valence-electron chi connectivity index (χ3n) is 6.02. The summed E-state index contributed by atoms with van der Waals surface area (Å²) in [6, 6.07) is 7.56. The van der Waals surface area contributed by atoms with Crippen molar-refractivity contribution < 1.29 is 4.79 Å². The lowest BCUT2D eigenvalue weighted by atomic mass is 9.92. The number of benzene rings is 1. The first-order chi connectivity index (χ1) is 14.9. The Kier molecular flexibility index (Phi) is 6.36. The van der Waals surface area contributed by atoms with Crippen molar-refractivity contribution in [2.24, 2.45) is 11.8 Å². The number of hydrogen-bond acceptors (Lipinski definition) is 5. The molecule has 166 valence electrons. The number of carbonyl (C=O) groups excluding carboxylic acids is 1. The van der Waals surface area contributed by atoms with Gasteiger partial charge in [0.25, 0.3) is 5.56 Å². The van der Waals surface area contributed by atoms with Crippen molar-refractivity contribution in [3.05, 3.63) is 34.6 Å². The molecule has 0 saturated carbocycles. The zero-order valence-corrected chi connectivity index (χ0v) is 19.6. The van der Waals surface area contributed by atoms with Gasteiger partial charge in [-0.1, -0.05) is 51.1 Å². The summed E-state index contributed by atoms with van der Waals surface area (Å²) in [6.07, 6.45) is 3.05. The highest BCUT2D eigenvalue weighted by Gasteiger charge is 2.30. The van der Waals surface area contributed by atoms with Gasteiger partial charge in [0.05, 0.1) is 16.2 Å². The highest BCUT2D eigenvalue weighted by Crippen LogP contribution is 2.28. The smallest absolute Gasteiger partial charge is 0.262 e. The maximum Gasteiger partial charge on any atom is 0.262 e. The number of nitrogens with zero attached hydrogens (tertiary/aromatic N) is 5. The molecule has 8 heteroatoms. The summed E-state index contributed by atoms with van der Waals surface area (Å²) in [5.74, 6) is 1.73. The summed E-state index contributed by atoms with van der Waals surface area (Å²) in [7, 11) is 0. The second kappa shape index (κ2) is 9.02. The number of aryl methyl sites for hydroxylation is 1. The number of aromatic nitrogens is 4. The Hall–Kier alpha value is -2.35. The van der Waals surface area contributed by atoms with Crippen LogP contribution in [-0.4, -0.2) is 48.3 Å². The minimum absolute atomic E-state index is 0.0408. The van der Waals surface area contributed by atoms with Crippen LogP contribution >= 0.6 is 11.8 Å². The van der Waals surface area contributed by atoms with E-state index in [9.17, 15) is 9.59 Å². The number of hydrogen-bond donors (Lipinski definition) is 0. The predicted octanol–water partition coefficient (Wildman–Crippen LogP) is 3.83. The minimum Gasteiger partial charge on any atom is -0.341 e. The van der Waals surface area contributed by atoms with Gasteiger partial charge in [0.1, 0.15) is 0 Å². The van der Waals surface area contributed by atoms with E-state index in [1.165, 1.54) is 18.2 Å². The first-order valence-electron chi connectivity index (χ1n) is 11.2. The molecule has 1 aliphatic rings. The zero-order chi connectivity index (χ0) is 22.1. The number of thioether (sulfide) groups is 1. The Labute approximate surface area is 186 Å². The Balaban J connectivity index is 1.71. The standard InChI is InChI=1S/C23H31N5O2S/c1-5-6-11-27-21(30)18-9-7-8-10-19(18)28-22(27)24-25-23(28)31-17(4)20(29)26-13-15(2)12-16(3)14-26/h7-10,15-17H,5-6,11-14H2,1-4H3. The van der Waals surface area contributed by atoms with Crippen LogP contribution in [0, 0.1) is 11.8 Å². The molecule has 7 nitrogen and oxygen atoms in total. The lowest BCUT2D eigenvalue weighted by molar-refractivity contribution is -0.132. The molecule has 0 N–H and O–H groups in total. The van der Waals surface area contributed by atoms with E-state index in [1.807, 2.05) is 40.5 Å². The number of amides is 1. The molecule has 3 heterocycles. The van der Waals surface area contributed by atoms with Crippen molar-refractivity contribution in [1.29, 1.82) is 0 Å². The summed E-state index contributed by atoms with van der Waals surface area (Å²) < 4.78 is 3.64. The van der Waals surface area contributed by atoms with E-state index in [4.69, 9.17) is 0 Å². The van der Waals surface area contributed by atoms with Gasteiger partial charge in [0, 0.05) is 19.6 Å². The molecule has 1 fully saturated rings. The number of carbonyl (C=O) groups is 1. The SMILES string of the molecule is CCCCn1c(=O)c2ccccc2n2c(SC(C)C(=O)N3CC(C)CC(C)C3)nnc12. The van der Waals surface area contributed by atoms with Crippen LogP contribution in [0.2, 0.25) is 0 Å². The molecule has 3 aromatic rings. The third kappa shape index (κ3) is 4.22. The van der Waals surface area contributed by atoms with Gasteiger partial charge in [0.2, 0.25) is 11.7 Å². The highest BCUT2D eigenvalue weighted by molar-refractivity contribution is 8.00. The minimum atomic E-state index is -0.278. The maximum absolute atomic E-state index is 13.2. The molecule has 0 aliphatic carbocycles. The van der Waals surface area contributed by atoms with E-state index in [0.717, 1.165) is 31.4 Å². The van der Waals surface area contributed by atoms with Gasteiger partial charge in [-0.3, -0.25) is 18.6 Å². The van der Waals surface area contributed by atoms with Crippen molar-refractivity contribution in [1.82, 2.24) is 24.1 Å². The molecular weight excluding hydrogens is 410 g/mol. The van der Waals surface area contributed by atoms with Crippen molar-refractivity contribution in [2.75, 3.05) is 13.1 Å². The van der Waals surface area contributed by atoms with E-state index in [1.54, 1.807) is 4.57 Å². The van der Waals surface area contributed by atoms with Gasteiger partial charge in [0.15, 0.2) is 5.16 Å². The molecule has 1 saturated heterocycles. The van der Waals surface area contributed by atoms with Gasteiger partial charge < -0.3 is 4.90 Å². The molecule has 1 aromatic carbocycles. The Morgan fingerprint density at radius 1 is 1.19 bits per heavy atom. The van der Waals surface area contributed by atoms with Crippen LogP contribution in [0.15, 0.2) is 34.2 Å². The van der Waals surface area contributed by atoms with E-state index in [2.05, 4.69) is 31.0 Å². The summed E-state index contributed by atoms with van der Waals surface area (Å²) in [6.45, 7) is 10.7. The first-order valence-corrected chi connectivity index (χ1v) is 12.1. The number of rotatable bonds is 6. The highest BCUT2D eigenvalue weighted by atomic mass is 32.2. The van der Waals surface area contributed by atoms with Crippen molar-refractivity contribution >= 4 is 34.3 Å². The van der Waals surface area contributed by atoms with Gasteiger partial charge >= 0.3 is 0 Å².